The molecule has 2 aromatic rings. The van der Waals surface area contributed by atoms with Crippen molar-refractivity contribution in [2.24, 2.45) is 0 Å². The summed E-state index contributed by atoms with van der Waals surface area (Å²) in [6, 6.07) is 5.04. The second kappa shape index (κ2) is 7.42. The number of benzene rings is 1. The molecule has 4 nitrogen and oxygen atoms in total. The van der Waals surface area contributed by atoms with E-state index in [4.69, 9.17) is 21.1 Å². The first-order valence-electron chi connectivity index (χ1n) is 6.01. The van der Waals surface area contributed by atoms with Crippen LogP contribution in [0.2, 0.25) is 4.47 Å². The van der Waals surface area contributed by atoms with Crippen LogP contribution in [-0.4, -0.2) is 25.1 Å². The number of hydrogen-bond acceptors (Lipinski definition) is 5. The molecule has 0 aliphatic heterocycles. The van der Waals surface area contributed by atoms with E-state index in [0.29, 0.717) is 16.8 Å². The molecule has 0 saturated heterocycles. The van der Waals surface area contributed by atoms with Crippen LogP contribution in [0.1, 0.15) is 4.88 Å². The van der Waals surface area contributed by atoms with Gasteiger partial charge in [0.25, 0.3) is 6.43 Å². The molecule has 0 spiro atoms. The van der Waals surface area contributed by atoms with Crippen molar-refractivity contribution in [2.45, 2.75) is 13.0 Å². The number of halogens is 3. The van der Waals surface area contributed by atoms with Crippen molar-refractivity contribution in [1.82, 2.24) is 4.98 Å². The number of thiazole rings is 1. The summed E-state index contributed by atoms with van der Waals surface area (Å²) in [5.74, 6) is 0.673. The number of nitrogens with zero attached hydrogens (tertiary/aromatic N) is 1. The number of methoxy groups -OCH3 is 1. The highest BCUT2D eigenvalue weighted by Crippen LogP contribution is 2.31. The fourth-order valence-electron chi connectivity index (χ4n) is 1.61. The lowest BCUT2D eigenvalue weighted by molar-refractivity contribution is 0.0805. The van der Waals surface area contributed by atoms with E-state index in [2.05, 4.69) is 10.3 Å². The fraction of sp³-hybridized carbons (Fsp3) is 0.308. The lowest BCUT2D eigenvalue weighted by Gasteiger charge is -2.12. The molecule has 0 saturated carbocycles. The highest BCUT2D eigenvalue weighted by Gasteiger charge is 2.10. The molecule has 0 unspecified atom stereocenters. The van der Waals surface area contributed by atoms with Crippen molar-refractivity contribution >= 4 is 28.6 Å². The van der Waals surface area contributed by atoms with Crippen LogP contribution < -0.4 is 14.8 Å². The maximum absolute atomic E-state index is 12.2. The third kappa shape index (κ3) is 4.71. The number of nitrogens with one attached hydrogen (secondary N) is 1. The predicted molar refractivity (Wildman–Crippen MR) is 78.9 cm³/mol. The van der Waals surface area contributed by atoms with Gasteiger partial charge in [0, 0.05) is 22.8 Å². The highest BCUT2D eigenvalue weighted by molar-refractivity contribution is 7.15. The van der Waals surface area contributed by atoms with E-state index >= 15 is 0 Å². The van der Waals surface area contributed by atoms with Crippen molar-refractivity contribution < 1.29 is 18.3 Å². The Kier molecular flexibility index (Phi) is 5.58. The van der Waals surface area contributed by atoms with Crippen molar-refractivity contribution in [2.75, 3.05) is 19.0 Å². The molecule has 21 heavy (non-hydrogen) atoms. The summed E-state index contributed by atoms with van der Waals surface area (Å²) in [6.45, 7) is -0.144. The molecule has 1 aromatic heterocycles. The largest absolute Gasteiger partial charge is 0.493 e. The Hall–Kier alpha value is -1.60. The van der Waals surface area contributed by atoms with Crippen LogP contribution in [0, 0.1) is 0 Å². The Morgan fingerprint density at radius 2 is 2.19 bits per heavy atom. The Labute approximate surface area is 129 Å². The summed E-state index contributed by atoms with van der Waals surface area (Å²) >= 11 is 7.12. The second-order valence-corrected chi connectivity index (χ2v) is 5.70. The number of ether oxygens (including phenoxy) is 2. The highest BCUT2D eigenvalue weighted by atomic mass is 35.5. The number of anilines is 1. The maximum atomic E-state index is 12.2. The van der Waals surface area contributed by atoms with Crippen LogP contribution in [0.5, 0.6) is 11.5 Å². The van der Waals surface area contributed by atoms with Crippen LogP contribution in [0.25, 0.3) is 0 Å². The lowest BCUT2D eigenvalue weighted by atomic mass is 10.2. The first-order valence-corrected chi connectivity index (χ1v) is 7.21. The molecule has 1 N–H and O–H groups in total. The first kappa shape index (κ1) is 15.8. The monoisotopic (exact) mass is 334 g/mol. The normalized spacial score (nSPS) is 10.7. The molecule has 1 aromatic carbocycles. The molecule has 0 atom stereocenters. The second-order valence-electron chi connectivity index (χ2n) is 4.00. The summed E-state index contributed by atoms with van der Waals surface area (Å²) < 4.78 is 35.0. The zero-order valence-corrected chi connectivity index (χ0v) is 12.7. The van der Waals surface area contributed by atoms with Gasteiger partial charge in [-0.15, -0.1) is 11.3 Å². The zero-order valence-electron chi connectivity index (χ0n) is 11.1. The molecule has 0 bridgehead atoms. The molecule has 1 heterocycles. The number of aromatic nitrogens is 1. The minimum absolute atomic E-state index is 0.269. The van der Waals surface area contributed by atoms with E-state index in [1.807, 2.05) is 0 Å². The quantitative estimate of drug-likeness (QED) is 0.829. The minimum atomic E-state index is -2.54. The van der Waals surface area contributed by atoms with Crippen LogP contribution in [0.4, 0.5) is 14.5 Å². The van der Waals surface area contributed by atoms with Crippen LogP contribution in [-0.2, 0) is 6.54 Å². The lowest BCUT2D eigenvalue weighted by Crippen LogP contribution is -2.08. The molecule has 8 heteroatoms. The van der Waals surface area contributed by atoms with Gasteiger partial charge in [0.2, 0.25) is 0 Å². The molecule has 2 rings (SSSR count). The Balaban J connectivity index is 2.04. The number of hydrogen-bond donors (Lipinski definition) is 1. The van der Waals surface area contributed by atoms with Crippen molar-refractivity contribution in [3.63, 3.8) is 0 Å². The molecule has 0 amide bonds. The zero-order chi connectivity index (χ0) is 15.2. The third-order valence-corrected chi connectivity index (χ3v) is 3.64. The van der Waals surface area contributed by atoms with Gasteiger partial charge in [-0.2, -0.15) is 0 Å². The first-order chi connectivity index (χ1) is 10.1. The van der Waals surface area contributed by atoms with Gasteiger partial charge in [-0.05, 0) is 12.1 Å². The van der Waals surface area contributed by atoms with Crippen molar-refractivity contribution in [3.05, 3.63) is 33.7 Å². The van der Waals surface area contributed by atoms with Gasteiger partial charge in [-0.1, -0.05) is 11.6 Å². The Morgan fingerprint density at radius 3 is 2.81 bits per heavy atom. The average Bonchev–Trinajstić information content (AvgIpc) is 2.88. The van der Waals surface area contributed by atoms with E-state index in [9.17, 15) is 8.78 Å². The molecular formula is C13H13ClF2N2O2S. The maximum Gasteiger partial charge on any atom is 0.272 e. The van der Waals surface area contributed by atoms with E-state index in [-0.39, 0.29) is 5.75 Å². The topological polar surface area (TPSA) is 43.4 Å². The summed E-state index contributed by atoms with van der Waals surface area (Å²) in [7, 11) is 1.46. The van der Waals surface area contributed by atoms with Gasteiger partial charge >= 0.3 is 0 Å². The van der Waals surface area contributed by atoms with E-state index in [0.717, 1.165) is 10.6 Å². The molecule has 0 radical (unpaired) electrons. The van der Waals surface area contributed by atoms with Gasteiger partial charge in [0.1, 0.15) is 6.61 Å². The molecule has 0 aliphatic rings. The van der Waals surface area contributed by atoms with Crippen molar-refractivity contribution in [1.29, 1.82) is 0 Å². The Bertz CT molecular complexity index is 595. The number of rotatable bonds is 7. The van der Waals surface area contributed by atoms with E-state index < -0.39 is 13.0 Å². The predicted octanol–water partition coefficient (Wildman–Crippen LogP) is 4.06. The van der Waals surface area contributed by atoms with Crippen molar-refractivity contribution in [3.8, 4) is 11.5 Å². The minimum Gasteiger partial charge on any atom is -0.493 e. The van der Waals surface area contributed by atoms with Gasteiger partial charge in [-0.25, -0.2) is 13.8 Å². The number of alkyl halides is 2. The standard InChI is InChI=1S/C13H13ClF2N2O2S/c1-19-10-3-2-8(4-11(10)20-7-12(15)16)17-5-9-6-18-13(14)21-9/h2-4,6,12,17H,5,7H2,1H3. The smallest absolute Gasteiger partial charge is 0.272 e. The summed E-state index contributed by atoms with van der Waals surface area (Å²) in [5, 5.41) is 3.14. The van der Waals surface area contributed by atoms with Gasteiger partial charge in [0.15, 0.2) is 16.0 Å². The Morgan fingerprint density at radius 1 is 1.38 bits per heavy atom. The van der Waals surface area contributed by atoms with Gasteiger partial charge in [0.05, 0.1) is 13.7 Å². The van der Waals surface area contributed by atoms with Crippen LogP contribution in [0.15, 0.2) is 24.4 Å². The van der Waals surface area contributed by atoms with Gasteiger partial charge < -0.3 is 14.8 Å². The average molecular weight is 335 g/mol. The molecule has 114 valence electrons. The summed E-state index contributed by atoms with van der Waals surface area (Å²) in [6.07, 6.45) is -0.858. The third-order valence-electron chi connectivity index (χ3n) is 2.52. The molecule has 0 fully saturated rings. The van der Waals surface area contributed by atoms with E-state index in [1.54, 1.807) is 24.4 Å². The van der Waals surface area contributed by atoms with Crippen LogP contribution in [0.3, 0.4) is 0 Å². The fourth-order valence-corrected chi connectivity index (χ4v) is 2.52. The van der Waals surface area contributed by atoms with Crippen LogP contribution >= 0.6 is 22.9 Å². The summed E-state index contributed by atoms with van der Waals surface area (Å²) in [5.41, 5.74) is 0.726. The molecular weight excluding hydrogens is 322 g/mol. The summed E-state index contributed by atoms with van der Waals surface area (Å²) in [4.78, 5) is 4.90. The molecule has 0 aliphatic carbocycles. The van der Waals surface area contributed by atoms with Gasteiger partial charge in [-0.3, -0.25) is 0 Å². The van der Waals surface area contributed by atoms with E-state index in [1.165, 1.54) is 18.4 Å². The SMILES string of the molecule is COc1ccc(NCc2cnc(Cl)s2)cc1OCC(F)F.